The fourth-order valence-electron chi connectivity index (χ4n) is 5.31. The molecule has 4 atom stereocenters. The summed E-state index contributed by atoms with van der Waals surface area (Å²) in [6, 6.07) is 7.77. The summed E-state index contributed by atoms with van der Waals surface area (Å²) in [5, 5.41) is 10.9. The minimum Gasteiger partial charge on any atom is -0.457 e. The van der Waals surface area contributed by atoms with E-state index >= 15 is 0 Å². The molecule has 2 aliphatic heterocycles. The molecule has 43 heavy (non-hydrogen) atoms. The third-order valence-electron chi connectivity index (χ3n) is 7.48. The third-order valence-corrected chi connectivity index (χ3v) is 8.53. The molecule has 0 aromatic carbocycles. The lowest BCUT2D eigenvalue weighted by Gasteiger charge is -2.23. The average molecular weight is 609 g/mol. The molecule has 0 aliphatic carbocycles. The molecule has 6 heterocycles. The second-order valence-corrected chi connectivity index (χ2v) is 11.4. The highest BCUT2D eigenvalue weighted by Crippen LogP contribution is 2.43. The van der Waals surface area contributed by atoms with Gasteiger partial charge in [0.1, 0.15) is 0 Å². The Balaban J connectivity index is 1.35. The summed E-state index contributed by atoms with van der Waals surface area (Å²) in [5.74, 6) is 3.46. The van der Waals surface area contributed by atoms with E-state index < -0.39 is 24.5 Å². The van der Waals surface area contributed by atoms with Crippen LogP contribution in [0.15, 0.2) is 41.3 Å². The monoisotopic (exact) mass is 608 g/mol. The maximum absolute atomic E-state index is 11.6. The number of aryl methyl sites for hydroxylation is 1. The van der Waals surface area contributed by atoms with Crippen LogP contribution in [0.2, 0.25) is 0 Å². The Hall–Kier alpha value is -4.24. The van der Waals surface area contributed by atoms with Crippen molar-refractivity contribution >= 4 is 47.6 Å². The first-order chi connectivity index (χ1) is 21.2. The summed E-state index contributed by atoms with van der Waals surface area (Å²) in [5.41, 5.74) is 2.63. The molecule has 14 nitrogen and oxygen atoms in total. The van der Waals surface area contributed by atoms with Gasteiger partial charge in [-0.2, -0.15) is 21.7 Å². The average Bonchev–Trinajstić information content (AvgIpc) is 3.77. The van der Waals surface area contributed by atoms with Crippen molar-refractivity contribution in [2.45, 2.75) is 63.2 Å². The third kappa shape index (κ3) is 6.27. The normalized spacial score (nSPS) is 22.3. The maximum atomic E-state index is 11.6. The fraction of sp³-hybridized carbons (Fsp3) is 0.464. The molecule has 0 bridgehead atoms. The van der Waals surface area contributed by atoms with Gasteiger partial charge in [-0.25, -0.2) is 4.98 Å². The molecule has 2 saturated heterocycles. The summed E-state index contributed by atoms with van der Waals surface area (Å²) in [4.78, 5) is 41.7. The second-order valence-electron chi connectivity index (χ2n) is 10.2. The largest absolute Gasteiger partial charge is 0.457 e. The predicted molar refractivity (Wildman–Crippen MR) is 156 cm³/mol. The molecule has 2 fully saturated rings. The number of rotatable bonds is 13. The van der Waals surface area contributed by atoms with Crippen LogP contribution in [0.5, 0.6) is 0 Å². The Kier molecular flexibility index (Phi) is 8.98. The number of pyridine rings is 1. The number of hydrogen-bond donors (Lipinski definition) is 2. The lowest BCUT2D eigenvalue weighted by molar-refractivity contribution is -0.151. The van der Waals surface area contributed by atoms with Gasteiger partial charge in [0.2, 0.25) is 5.95 Å². The predicted octanol–water partition coefficient (Wildman–Crippen LogP) is 3.09. The van der Waals surface area contributed by atoms with Gasteiger partial charge in [0.05, 0.1) is 12.0 Å². The zero-order chi connectivity index (χ0) is 29.6. The number of anilines is 2. The van der Waals surface area contributed by atoms with Crippen molar-refractivity contribution in [3.63, 3.8) is 0 Å². The Morgan fingerprint density at radius 3 is 2.67 bits per heavy atom. The lowest BCUT2D eigenvalue weighted by Crippen LogP contribution is -2.34. The number of thioether (sulfide) groups is 1. The van der Waals surface area contributed by atoms with Crippen LogP contribution in [-0.2, 0) is 36.6 Å². The Morgan fingerprint density at radius 2 is 1.93 bits per heavy atom. The highest BCUT2D eigenvalue weighted by Gasteiger charge is 2.51. The number of aromatic nitrogens is 6. The highest BCUT2D eigenvalue weighted by molar-refractivity contribution is 7.99. The van der Waals surface area contributed by atoms with Crippen molar-refractivity contribution in [1.82, 2.24) is 29.7 Å². The van der Waals surface area contributed by atoms with Crippen LogP contribution in [0.25, 0.3) is 11.2 Å². The van der Waals surface area contributed by atoms with Crippen molar-refractivity contribution in [2.24, 2.45) is 0 Å². The van der Waals surface area contributed by atoms with Gasteiger partial charge < -0.3 is 29.4 Å². The van der Waals surface area contributed by atoms with Crippen molar-refractivity contribution in [2.75, 3.05) is 28.7 Å². The van der Waals surface area contributed by atoms with E-state index in [-0.39, 0.29) is 6.04 Å². The van der Waals surface area contributed by atoms with E-state index in [1.54, 1.807) is 23.2 Å². The SMILES string of the molecule is CCc1cc([C@@H]2O[C@H](n3cnc4c(NC5CCSCC5)nc(NCCc5ccccn5)nc43)[C@@H](OC=O)[C@H]2OC=O)on1. The summed E-state index contributed by atoms with van der Waals surface area (Å²) in [7, 11) is 0. The number of ether oxygens (including phenoxy) is 3. The smallest absolute Gasteiger partial charge is 0.293 e. The molecule has 0 saturated carbocycles. The molecule has 2 N–H and O–H groups in total. The van der Waals surface area contributed by atoms with Crippen molar-refractivity contribution < 1.29 is 28.3 Å². The van der Waals surface area contributed by atoms with E-state index in [9.17, 15) is 9.59 Å². The highest BCUT2D eigenvalue weighted by atomic mass is 32.2. The molecular weight excluding hydrogens is 576 g/mol. The number of carbonyl (C=O) groups excluding carboxylic acids is 2. The Morgan fingerprint density at radius 1 is 1.09 bits per heavy atom. The fourth-order valence-corrected chi connectivity index (χ4v) is 6.42. The summed E-state index contributed by atoms with van der Waals surface area (Å²) >= 11 is 1.94. The van der Waals surface area contributed by atoms with E-state index in [2.05, 4.69) is 25.8 Å². The first kappa shape index (κ1) is 28.9. The molecule has 15 heteroatoms. The molecular formula is C28H32N8O6S. The van der Waals surface area contributed by atoms with Gasteiger partial charge in [0.15, 0.2) is 47.3 Å². The van der Waals surface area contributed by atoms with Crippen LogP contribution in [0.1, 0.15) is 49.2 Å². The number of fused-ring (bicyclic) bond motifs is 1. The number of nitrogens with zero attached hydrogens (tertiary/aromatic N) is 6. The topological polar surface area (TPSA) is 168 Å². The summed E-state index contributed by atoms with van der Waals surface area (Å²) in [6.45, 7) is 3.09. The van der Waals surface area contributed by atoms with E-state index in [0.29, 0.717) is 66.7 Å². The quantitative estimate of drug-likeness (QED) is 0.212. The van der Waals surface area contributed by atoms with Crippen LogP contribution in [0, 0.1) is 0 Å². The van der Waals surface area contributed by atoms with E-state index in [1.807, 2.05) is 36.9 Å². The molecule has 4 aromatic rings. The minimum atomic E-state index is -1.03. The Labute approximate surface area is 251 Å². The van der Waals surface area contributed by atoms with Crippen molar-refractivity contribution in [1.29, 1.82) is 0 Å². The van der Waals surface area contributed by atoms with E-state index in [4.69, 9.17) is 28.7 Å². The molecule has 0 spiro atoms. The zero-order valence-electron chi connectivity index (χ0n) is 23.5. The van der Waals surface area contributed by atoms with Crippen LogP contribution < -0.4 is 10.6 Å². The summed E-state index contributed by atoms with van der Waals surface area (Å²) in [6.07, 6.45) is 2.78. The van der Waals surface area contributed by atoms with Gasteiger partial charge in [0.25, 0.3) is 12.9 Å². The van der Waals surface area contributed by atoms with Crippen LogP contribution in [-0.4, -0.2) is 78.9 Å². The number of nitrogens with one attached hydrogen (secondary N) is 2. The van der Waals surface area contributed by atoms with Gasteiger partial charge in [0, 0.05) is 37.0 Å². The first-order valence-corrected chi connectivity index (χ1v) is 15.4. The van der Waals surface area contributed by atoms with Gasteiger partial charge in [-0.05, 0) is 42.9 Å². The van der Waals surface area contributed by atoms with Gasteiger partial charge in [-0.3, -0.25) is 19.1 Å². The number of imidazole rings is 1. The van der Waals surface area contributed by atoms with E-state index in [0.717, 1.165) is 30.0 Å². The van der Waals surface area contributed by atoms with Crippen molar-refractivity contribution in [3.8, 4) is 0 Å². The number of hydrogen-bond acceptors (Lipinski definition) is 14. The zero-order valence-corrected chi connectivity index (χ0v) is 24.3. The van der Waals surface area contributed by atoms with Gasteiger partial charge >= 0.3 is 0 Å². The molecule has 6 rings (SSSR count). The minimum absolute atomic E-state index is 0.244. The molecule has 226 valence electrons. The van der Waals surface area contributed by atoms with Gasteiger partial charge in [-0.1, -0.05) is 18.1 Å². The maximum Gasteiger partial charge on any atom is 0.293 e. The van der Waals surface area contributed by atoms with Crippen LogP contribution in [0.4, 0.5) is 11.8 Å². The molecule has 0 amide bonds. The molecule has 4 aromatic heterocycles. The molecule has 0 unspecified atom stereocenters. The van der Waals surface area contributed by atoms with Crippen LogP contribution in [0.3, 0.4) is 0 Å². The summed E-state index contributed by atoms with van der Waals surface area (Å²) < 4.78 is 24.4. The standard InChI is InChI=1S/C28H32N8O6S/c1-2-17-13-20(42-35-17)22-23(39-15-37)24(40-16-38)27(41-22)36-14-31-21-25(32-19-7-11-43-12-8-19)33-28(34-26(21)36)30-10-6-18-5-3-4-9-29-18/h3-5,9,13-16,19,22-24,27H,2,6-8,10-12H2,1H3,(H2,30,32,33,34)/t22-,23-,24-,27-/m0/s1. The molecule has 2 aliphatic rings. The molecule has 0 radical (unpaired) electrons. The number of carbonyl (C=O) groups is 2. The van der Waals surface area contributed by atoms with E-state index in [1.165, 1.54) is 0 Å². The first-order valence-electron chi connectivity index (χ1n) is 14.2. The lowest BCUT2D eigenvalue weighted by atomic mass is 10.1. The van der Waals surface area contributed by atoms with Crippen molar-refractivity contribution in [3.05, 3.63) is 53.9 Å². The van der Waals surface area contributed by atoms with Crippen LogP contribution >= 0.6 is 11.8 Å². The Bertz CT molecular complexity index is 1530. The second kappa shape index (κ2) is 13.4. The van der Waals surface area contributed by atoms with Gasteiger partial charge in [-0.15, -0.1) is 0 Å².